The molecule has 6 heteroatoms. The number of hydrogen-bond acceptors (Lipinski definition) is 5. The highest BCUT2D eigenvalue weighted by Crippen LogP contribution is 2.21. The van der Waals surface area contributed by atoms with Gasteiger partial charge in [0.15, 0.2) is 0 Å². The van der Waals surface area contributed by atoms with Crippen molar-refractivity contribution < 1.29 is 0 Å². The van der Waals surface area contributed by atoms with E-state index in [2.05, 4.69) is 31.3 Å². The Bertz CT molecular complexity index is 787. The maximum atomic E-state index is 11.8. The summed E-state index contributed by atoms with van der Waals surface area (Å²) in [4.78, 5) is 27.4. The third-order valence-electron chi connectivity index (χ3n) is 3.98. The lowest BCUT2D eigenvalue weighted by atomic mass is 10.2. The van der Waals surface area contributed by atoms with Crippen LogP contribution in [0.25, 0.3) is 11.0 Å². The number of H-pyrrole nitrogens is 1. The molecule has 1 aliphatic rings. The summed E-state index contributed by atoms with van der Waals surface area (Å²) in [6, 6.07) is 3.81. The zero-order chi connectivity index (χ0) is 16.2. The number of piperazine rings is 1. The van der Waals surface area contributed by atoms with Crippen LogP contribution >= 0.6 is 0 Å². The summed E-state index contributed by atoms with van der Waals surface area (Å²) in [5, 5.41) is 0.888. The molecule has 0 atom stereocenters. The minimum atomic E-state index is -0.352. The second kappa shape index (κ2) is 6.75. The number of allylic oxidation sites excluding steroid dienone is 1. The number of nitrogens with one attached hydrogen (secondary N) is 1. The predicted octanol–water partition coefficient (Wildman–Crippen LogP) is 1.57. The monoisotopic (exact) mass is 311 g/mol. The van der Waals surface area contributed by atoms with Crippen molar-refractivity contribution in [3.63, 3.8) is 0 Å². The van der Waals surface area contributed by atoms with Crippen LogP contribution in [0.5, 0.6) is 0 Å². The van der Waals surface area contributed by atoms with Gasteiger partial charge in [0.2, 0.25) is 0 Å². The highest BCUT2D eigenvalue weighted by molar-refractivity contribution is 5.86. The fourth-order valence-electron chi connectivity index (χ4n) is 2.91. The molecule has 2 aromatic heterocycles. The van der Waals surface area contributed by atoms with Gasteiger partial charge in [-0.25, -0.2) is 9.78 Å². The summed E-state index contributed by atoms with van der Waals surface area (Å²) >= 11 is 0. The first kappa shape index (κ1) is 15.4. The van der Waals surface area contributed by atoms with E-state index in [4.69, 9.17) is 0 Å². The van der Waals surface area contributed by atoms with Crippen LogP contribution in [0.15, 0.2) is 47.4 Å². The van der Waals surface area contributed by atoms with E-state index in [0.717, 1.165) is 49.5 Å². The molecular weight excluding hydrogens is 290 g/mol. The molecule has 2 aromatic rings. The minimum Gasteiger partial charge on any atom is -0.353 e. The number of aromatic amines is 1. The van der Waals surface area contributed by atoms with Crippen LogP contribution < -0.4 is 10.6 Å². The largest absolute Gasteiger partial charge is 0.353 e. The molecule has 0 aliphatic carbocycles. The zero-order valence-corrected chi connectivity index (χ0v) is 13.3. The lowest BCUT2D eigenvalue weighted by molar-refractivity contribution is 0.280. The molecule has 3 rings (SSSR count). The number of fused-ring (bicyclic) bond motifs is 1. The number of rotatable bonds is 4. The Hall–Kier alpha value is -2.47. The Morgan fingerprint density at radius 2 is 2.17 bits per heavy atom. The Kier molecular flexibility index (Phi) is 4.52. The molecule has 3 heterocycles. The summed E-state index contributed by atoms with van der Waals surface area (Å²) in [6.07, 6.45) is 5.73. The zero-order valence-electron chi connectivity index (χ0n) is 13.3. The molecule has 23 heavy (non-hydrogen) atoms. The van der Waals surface area contributed by atoms with Crippen molar-refractivity contribution in [3.8, 4) is 0 Å². The molecule has 1 fully saturated rings. The average Bonchev–Trinajstić information content (AvgIpc) is 2.55. The summed E-state index contributed by atoms with van der Waals surface area (Å²) in [6.45, 7) is 10.5. The smallest absolute Gasteiger partial charge is 0.348 e. The Morgan fingerprint density at radius 1 is 1.39 bits per heavy atom. The molecule has 0 amide bonds. The maximum absolute atomic E-state index is 11.8. The van der Waals surface area contributed by atoms with E-state index < -0.39 is 0 Å². The van der Waals surface area contributed by atoms with Crippen molar-refractivity contribution in [1.82, 2.24) is 19.9 Å². The fraction of sp³-hybridized carbons (Fsp3) is 0.353. The van der Waals surface area contributed by atoms with Crippen LogP contribution in [-0.4, -0.2) is 52.6 Å². The standard InChI is InChI=1S/C17H21N5O/c1-3-5-13(2)12-21-8-10-22(11-9-21)16-14-6-4-7-18-15(14)19-17(23)20-16/h3-7H,2,8-12H2,1H3,(H,18,19,20,23). The van der Waals surface area contributed by atoms with Gasteiger partial charge in [0.25, 0.3) is 0 Å². The SMILES string of the molecule is C=C(C=CC)CN1CCN(c2nc(=O)[nH]c3ncccc23)CC1. The average molecular weight is 311 g/mol. The van der Waals surface area contributed by atoms with Crippen LogP contribution in [0, 0.1) is 0 Å². The molecule has 0 saturated carbocycles. The molecule has 1 saturated heterocycles. The molecular formula is C17H21N5O. The van der Waals surface area contributed by atoms with E-state index in [1.54, 1.807) is 6.20 Å². The van der Waals surface area contributed by atoms with Crippen molar-refractivity contribution >= 4 is 16.9 Å². The van der Waals surface area contributed by atoms with Crippen LogP contribution in [0.1, 0.15) is 6.92 Å². The van der Waals surface area contributed by atoms with Crippen molar-refractivity contribution in [3.05, 3.63) is 53.1 Å². The van der Waals surface area contributed by atoms with Gasteiger partial charge in [0, 0.05) is 38.9 Å². The van der Waals surface area contributed by atoms with Crippen molar-refractivity contribution in [2.45, 2.75) is 6.92 Å². The van der Waals surface area contributed by atoms with E-state index in [9.17, 15) is 4.79 Å². The second-order valence-corrected chi connectivity index (χ2v) is 5.69. The normalized spacial score (nSPS) is 16.3. The Balaban J connectivity index is 1.75. The first-order valence-electron chi connectivity index (χ1n) is 7.80. The second-order valence-electron chi connectivity index (χ2n) is 5.69. The van der Waals surface area contributed by atoms with Crippen LogP contribution in [0.2, 0.25) is 0 Å². The molecule has 0 spiro atoms. The van der Waals surface area contributed by atoms with E-state index >= 15 is 0 Å². The van der Waals surface area contributed by atoms with Crippen molar-refractivity contribution in [2.24, 2.45) is 0 Å². The summed E-state index contributed by atoms with van der Waals surface area (Å²) in [7, 11) is 0. The number of nitrogens with zero attached hydrogens (tertiary/aromatic N) is 4. The molecule has 1 N–H and O–H groups in total. The van der Waals surface area contributed by atoms with Gasteiger partial charge in [-0.3, -0.25) is 9.88 Å². The van der Waals surface area contributed by atoms with E-state index in [0.29, 0.717) is 5.65 Å². The number of aromatic nitrogens is 3. The number of anilines is 1. The van der Waals surface area contributed by atoms with E-state index in [-0.39, 0.29) is 5.69 Å². The van der Waals surface area contributed by atoms with E-state index in [1.165, 1.54) is 0 Å². The molecule has 0 aromatic carbocycles. The highest BCUT2D eigenvalue weighted by atomic mass is 16.1. The topological polar surface area (TPSA) is 65.1 Å². The quantitative estimate of drug-likeness (QED) is 0.868. The van der Waals surface area contributed by atoms with Gasteiger partial charge in [0.05, 0.1) is 5.39 Å². The van der Waals surface area contributed by atoms with Gasteiger partial charge >= 0.3 is 5.69 Å². The van der Waals surface area contributed by atoms with Gasteiger partial charge in [-0.05, 0) is 24.6 Å². The van der Waals surface area contributed by atoms with Gasteiger partial charge in [-0.1, -0.05) is 18.7 Å². The maximum Gasteiger partial charge on any atom is 0.348 e. The van der Waals surface area contributed by atoms with Crippen LogP contribution in [0.4, 0.5) is 5.82 Å². The Labute approximate surface area is 135 Å². The van der Waals surface area contributed by atoms with Crippen LogP contribution in [-0.2, 0) is 0 Å². The molecule has 0 unspecified atom stereocenters. The Morgan fingerprint density at radius 3 is 2.91 bits per heavy atom. The lowest BCUT2D eigenvalue weighted by Crippen LogP contribution is -2.47. The fourth-order valence-corrected chi connectivity index (χ4v) is 2.91. The van der Waals surface area contributed by atoms with Gasteiger partial charge in [-0.2, -0.15) is 4.98 Å². The predicted molar refractivity (Wildman–Crippen MR) is 92.8 cm³/mol. The van der Waals surface area contributed by atoms with Gasteiger partial charge in [-0.15, -0.1) is 0 Å². The summed E-state index contributed by atoms with van der Waals surface area (Å²) in [5.41, 5.74) is 1.35. The summed E-state index contributed by atoms with van der Waals surface area (Å²) in [5.74, 6) is 0.726. The summed E-state index contributed by atoms with van der Waals surface area (Å²) < 4.78 is 0. The molecule has 120 valence electrons. The lowest BCUT2D eigenvalue weighted by Gasteiger charge is -2.35. The highest BCUT2D eigenvalue weighted by Gasteiger charge is 2.20. The number of pyridine rings is 1. The van der Waals surface area contributed by atoms with Gasteiger partial charge < -0.3 is 4.90 Å². The first-order valence-corrected chi connectivity index (χ1v) is 7.80. The third-order valence-corrected chi connectivity index (χ3v) is 3.98. The molecule has 0 radical (unpaired) electrons. The third kappa shape index (κ3) is 3.48. The molecule has 0 bridgehead atoms. The van der Waals surface area contributed by atoms with Crippen molar-refractivity contribution in [1.29, 1.82) is 0 Å². The first-order chi connectivity index (χ1) is 11.2. The minimum absolute atomic E-state index is 0.352. The molecule has 6 nitrogen and oxygen atoms in total. The van der Waals surface area contributed by atoms with Gasteiger partial charge in [0.1, 0.15) is 11.5 Å². The van der Waals surface area contributed by atoms with Crippen LogP contribution in [0.3, 0.4) is 0 Å². The van der Waals surface area contributed by atoms with Crippen molar-refractivity contribution in [2.75, 3.05) is 37.6 Å². The van der Waals surface area contributed by atoms with E-state index in [1.807, 2.05) is 31.2 Å². The molecule has 1 aliphatic heterocycles. The number of hydrogen-bond donors (Lipinski definition) is 1.